The van der Waals surface area contributed by atoms with Crippen molar-refractivity contribution in [3.8, 4) is 11.3 Å². The minimum atomic E-state index is 0.644. The Labute approximate surface area is 120 Å². The van der Waals surface area contributed by atoms with E-state index in [0.717, 1.165) is 30.1 Å². The molecule has 0 saturated heterocycles. The average molecular weight is 270 g/mol. The first-order chi connectivity index (χ1) is 9.74. The molecular formula is C17H22N2O. The van der Waals surface area contributed by atoms with E-state index < -0.39 is 0 Å². The largest absolute Gasteiger partial charge is 0.443 e. The molecule has 0 amide bonds. The van der Waals surface area contributed by atoms with Gasteiger partial charge in [0.05, 0.1) is 0 Å². The molecule has 0 bridgehead atoms. The number of aromatic nitrogens is 1. The summed E-state index contributed by atoms with van der Waals surface area (Å²) in [5.41, 5.74) is 5.13. The zero-order chi connectivity index (χ0) is 13.9. The SMILES string of the molecule is CC(C)CNCc1ncoc1-c1ccc2c(c1)CCC2. The molecule has 0 spiro atoms. The monoisotopic (exact) mass is 270 g/mol. The Hall–Kier alpha value is -1.61. The first-order valence-corrected chi connectivity index (χ1v) is 7.49. The highest BCUT2D eigenvalue weighted by Crippen LogP contribution is 2.29. The van der Waals surface area contributed by atoms with Gasteiger partial charge in [0.15, 0.2) is 12.2 Å². The van der Waals surface area contributed by atoms with Crippen LogP contribution in [0, 0.1) is 5.92 Å². The number of oxazole rings is 1. The Morgan fingerprint density at radius 1 is 1.25 bits per heavy atom. The molecule has 1 aliphatic carbocycles. The highest BCUT2D eigenvalue weighted by Gasteiger charge is 2.15. The Kier molecular flexibility index (Phi) is 3.88. The molecule has 1 aromatic heterocycles. The molecule has 1 aromatic carbocycles. The summed E-state index contributed by atoms with van der Waals surface area (Å²) in [7, 11) is 0. The van der Waals surface area contributed by atoms with Crippen LogP contribution in [0.1, 0.15) is 37.1 Å². The molecule has 0 unspecified atom stereocenters. The average Bonchev–Trinajstić information content (AvgIpc) is 3.05. The Morgan fingerprint density at radius 2 is 2.10 bits per heavy atom. The lowest BCUT2D eigenvalue weighted by Gasteiger charge is -2.07. The van der Waals surface area contributed by atoms with Crippen molar-refractivity contribution in [1.82, 2.24) is 10.3 Å². The van der Waals surface area contributed by atoms with E-state index in [1.165, 1.54) is 30.4 Å². The molecule has 3 rings (SSSR count). The molecule has 0 fully saturated rings. The van der Waals surface area contributed by atoms with E-state index >= 15 is 0 Å². The second-order valence-electron chi connectivity index (χ2n) is 5.99. The van der Waals surface area contributed by atoms with Crippen LogP contribution in [-0.4, -0.2) is 11.5 Å². The maximum Gasteiger partial charge on any atom is 0.181 e. The highest BCUT2D eigenvalue weighted by atomic mass is 16.3. The van der Waals surface area contributed by atoms with Crippen LogP contribution in [0.5, 0.6) is 0 Å². The van der Waals surface area contributed by atoms with Crippen molar-refractivity contribution in [1.29, 1.82) is 0 Å². The lowest BCUT2D eigenvalue weighted by atomic mass is 10.0. The van der Waals surface area contributed by atoms with Gasteiger partial charge in [-0.2, -0.15) is 0 Å². The molecule has 0 radical (unpaired) electrons. The van der Waals surface area contributed by atoms with Gasteiger partial charge in [-0.1, -0.05) is 26.0 Å². The molecule has 1 heterocycles. The molecule has 1 aliphatic rings. The molecule has 3 nitrogen and oxygen atoms in total. The second kappa shape index (κ2) is 5.80. The van der Waals surface area contributed by atoms with Gasteiger partial charge in [-0.05, 0) is 48.9 Å². The van der Waals surface area contributed by atoms with Crippen LogP contribution in [0.4, 0.5) is 0 Å². The summed E-state index contributed by atoms with van der Waals surface area (Å²) in [5.74, 6) is 1.56. The Balaban J connectivity index is 1.78. The van der Waals surface area contributed by atoms with Crippen molar-refractivity contribution in [3.63, 3.8) is 0 Å². The van der Waals surface area contributed by atoms with Crippen LogP contribution in [0.3, 0.4) is 0 Å². The van der Waals surface area contributed by atoms with Gasteiger partial charge in [-0.3, -0.25) is 0 Å². The maximum absolute atomic E-state index is 5.62. The summed E-state index contributed by atoms with van der Waals surface area (Å²) in [6.45, 7) is 6.17. The van der Waals surface area contributed by atoms with Gasteiger partial charge >= 0.3 is 0 Å². The van der Waals surface area contributed by atoms with E-state index in [0.29, 0.717) is 5.92 Å². The van der Waals surface area contributed by atoms with E-state index in [1.807, 2.05) is 0 Å². The van der Waals surface area contributed by atoms with Crippen LogP contribution < -0.4 is 5.32 Å². The lowest BCUT2D eigenvalue weighted by Crippen LogP contribution is -2.19. The number of fused-ring (bicyclic) bond motifs is 1. The molecule has 3 heteroatoms. The van der Waals surface area contributed by atoms with Crippen molar-refractivity contribution in [2.24, 2.45) is 5.92 Å². The normalized spacial score (nSPS) is 13.9. The summed E-state index contributed by atoms with van der Waals surface area (Å²) < 4.78 is 5.62. The fraction of sp³-hybridized carbons (Fsp3) is 0.471. The van der Waals surface area contributed by atoms with Crippen molar-refractivity contribution in [3.05, 3.63) is 41.4 Å². The number of benzene rings is 1. The van der Waals surface area contributed by atoms with E-state index in [4.69, 9.17) is 4.42 Å². The smallest absolute Gasteiger partial charge is 0.181 e. The van der Waals surface area contributed by atoms with Crippen LogP contribution in [-0.2, 0) is 19.4 Å². The standard InChI is InChI=1S/C17H22N2O/c1-12(2)9-18-10-16-17(20-11-19-16)15-7-6-13-4-3-5-14(13)8-15/h6-8,11-12,18H,3-5,9-10H2,1-2H3. The molecule has 0 aliphatic heterocycles. The number of nitrogens with zero attached hydrogens (tertiary/aromatic N) is 1. The fourth-order valence-corrected chi connectivity index (χ4v) is 2.82. The Bertz CT molecular complexity index is 586. The summed E-state index contributed by atoms with van der Waals surface area (Å²) in [6.07, 6.45) is 5.24. The third-order valence-electron chi connectivity index (χ3n) is 3.85. The summed E-state index contributed by atoms with van der Waals surface area (Å²) in [5, 5.41) is 3.43. The van der Waals surface area contributed by atoms with Gasteiger partial charge in [-0.15, -0.1) is 0 Å². The number of nitrogens with one attached hydrogen (secondary N) is 1. The first kappa shape index (κ1) is 13.4. The molecule has 0 atom stereocenters. The van der Waals surface area contributed by atoms with E-state index in [-0.39, 0.29) is 0 Å². The van der Waals surface area contributed by atoms with Gasteiger partial charge in [0, 0.05) is 12.1 Å². The lowest BCUT2D eigenvalue weighted by molar-refractivity contribution is 0.545. The molecule has 2 aromatic rings. The predicted octanol–water partition coefficient (Wildman–Crippen LogP) is 3.58. The third kappa shape index (κ3) is 2.78. The maximum atomic E-state index is 5.62. The molecular weight excluding hydrogens is 248 g/mol. The Morgan fingerprint density at radius 3 is 2.95 bits per heavy atom. The zero-order valence-electron chi connectivity index (χ0n) is 12.3. The number of rotatable bonds is 5. The molecule has 20 heavy (non-hydrogen) atoms. The van der Waals surface area contributed by atoms with E-state index in [2.05, 4.69) is 42.3 Å². The number of aryl methyl sites for hydroxylation is 2. The van der Waals surface area contributed by atoms with Gasteiger partial charge in [0.25, 0.3) is 0 Å². The highest BCUT2D eigenvalue weighted by molar-refractivity contribution is 5.62. The van der Waals surface area contributed by atoms with Crippen LogP contribution in [0.25, 0.3) is 11.3 Å². The number of hydrogen-bond donors (Lipinski definition) is 1. The number of hydrogen-bond acceptors (Lipinski definition) is 3. The summed E-state index contributed by atoms with van der Waals surface area (Å²) in [4.78, 5) is 4.35. The van der Waals surface area contributed by atoms with Crippen molar-refractivity contribution >= 4 is 0 Å². The van der Waals surface area contributed by atoms with Crippen LogP contribution in [0.2, 0.25) is 0 Å². The van der Waals surface area contributed by atoms with Gasteiger partial charge in [0.2, 0.25) is 0 Å². The molecule has 0 saturated carbocycles. The quantitative estimate of drug-likeness (QED) is 0.902. The third-order valence-corrected chi connectivity index (χ3v) is 3.85. The molecule has 1 N–H and O–H groups in total. The van der Waals surface area contributed by atoms with Crippen LogP contribution in [0.15, 0.2) is 29.0 Å². The van der Waals surface area contributed by atoms with E-state index in [9.17, 15) is 0 Å². The van der Waals surface area contributed by atoms with Gasteiger partial charge in [-0.25, -0.2) is 4.98 Å². The predicted molar refractivity (Wildman–Crippen MR) is 80.5 cm³/mol. The van der Waals surface area contributed by atoms with Crippen LogP contribution >= 0.6 is 0 Å². The van der Waals surface area contributed by atoms with E-state index in [1.54, 1.807) is 6.39 Å². The second-order valence-corrected chi connectivity index (χ2v) is 5.99. The van der Waals surface area contributed by atoms with Crippen molar-refractivity contribution in [2.45, 2.75) is 39.7 Å². The summed E-state index contributed by atoms with van der Waals surface area (Å²) >= 11 is 0. The molecule has 106 valence electrons. The fourth-order valence-electron chi connectivity index (χ4n) is 2.82. The van der Waals surface area contributed by atoms with Crippen molar-refractivity contribution < 1.29 is 4.42 Å². The minimum Gasteiger partial charge on any atom is -0.443 e. The summed E-state index contributed by atoms with van der Waals surface area (Å²) in [6, 6.07) is 6.68. The van der Waals surface area contributed by atoms with Crippen molar-refractivity contribution in [2.75, 3.05) is 6.54 Å². The first-order valence-electron chi connectivity index (χ1n) is 7.49. The zero-order valence-corrected chi connectivity index (χ0v) is 12.3. The van der Waals surface area contributed by atoms with Gasteiger partial charge in [0.1, 0.15) is 5.69 Å². The minimum absolute atomic E-state index is 0.644. The topological polar surface area (TPSA) is 38.1 Å². The van der Waals surface area contributed by atoms with Gasteiger partial charge < -0.3 is 9.73 Å².